The van der Waals surface area contributed by atoms with Crippen molar-refractivity contribution in [3.8, 4) is 11.5 Å². The number of thioether (sulfide) groups is 1. The molecular weight excluding hydrogens is 548 g/mol. The van der Waals surface area contributed by atoms with E-state index in [0.717, 1.165) is 27.7 Å². The molecule has 3 aromatic carbocycles. The fourth-order valence-corrected chi connectivity index (χ4v) is 5.29. The van der Waals surface area contributed by atoms with Crippen molar-refractivity contribution in [2.24, 2.45) is 0 Å². The van der Waals surface area contributed by atoms with Crippen LogP contribution in [0.2, 0.25) is 5.02 Å². The highest BCUT2D eigenvalue weighted by Crippen LogP contribution is 2.39. The van der Waals surface area contributed by atoms with E-state index in [1.54, 1.807) is 0 Å². The summed E-state index contributed by atoms with van der Waals surface area (Å²) in [6, 6.07) is 19.6. The van der Waals surface area contributed by atoms with Gasteiger partial charge in [0.15, 0.2) is 17.0 Å². The Kier molecular flexibility index (Phi) is 8.65. The molecular formula is C27H26BrClN2O3S. The number of benzene rings is 3. The summed E-state index contributed by atoms with van der Waals surface area (Å²) in [5.41, 5.74) is 3.71. The van der Waals surface area contributed by atoms with Crippen molar-refractivity contribution in [2.45, 2.75) is 32.4 Å². The van der Waals surface area contributed by atoms with Crippen LogP contribution in [0.15, 0.2) is 70.0 Å². The number of hydrogen-bond acceptors (Lipinski definition) is 5. The number of hydrogen-bond donors (Lipinski definition) is 2. The molecule has 1 aliphatic rings. The van der Waals surface area contributed by atoms with Gasteiger partial charge in [0.1, 0.15) is 6.61 Å². The van der Waals surface area contributed by atoms with Gasteiger partial charge >= 0.3 is 0 Å². The van der Waals surface area contributed by atoms with Gasteiger partial charge in [-0.1, -0.05) is 60.6 Å². The molecule has 1 aliphatic heterocycles. The van der Waals surface area contributed by atoms with Gasteiger partial charge in [0, 0.05) is 16.3 Å². The molecule has 0 unspecified atom stereocenters. The number of halogens is 2. The second-order valence-corrected chi connectivity index (χ2v) is 10.2. The fourth-order valence-electron chi connectivity index (χ4n) is 3.54. The highest BCUT2D eigenvalue weighted by molar-refractivity contribution is 9.10. The van der Waals surface area contributed by atoms with Crippen LogP contribution in [0.5, 0.6) is 11.5 Å². The Bertz CT molecular complexity index is 1230. The van der Waals surface area contributed by atoms with E-state index in [4.69, 9.17) is 21.1 Å². The average Bonchev–Trinajstić information content (AvgIpc) is 3.18. The quantitative estimate of drug-likeness (QED) is 0.264. The second-order valence-electron chi connectivity index (χ2n) is 7.82. The predicted molar refractivity (Wildman–Crippen MR) is 148 cm³/mol. The van der Waals surface area contributed by atoms with E-state index in [1.165, 1.54) is 17.3 Å². The highest BCUT2D eigenvalue weighted by Gasteiger charge is 2.27. The maximum atomic E-state index is 12.6. The summed E-state index contributed by atoms with van der Waals surface area (Å²) in [6.45, 7) is 4.83. The van der Waals surface area contributed by atoms with Crippen LogP contribution in [0, 0.1) is 0 Å². The van der Waals surface area contributed by atoms with Gasteiger partial charge in [-0.25, -0.2) is 0 Å². The first kappa shape index (κ1) is 25.5. The Balaban J connectivity index is 1.50. The van der Waals surface area contributed by atoms with Crippen molar-refractivity contribution in [2.75, 3.05) is 11.9 Å². The molecule has 1 fully saturated rings. The summed E-state index contributed by atoms with van der Waals surface area (Å²) in [4.78, 5) is 13.2. The largest absolute Gasteiger partial charge is 0.490 e. The normalized spacial score (nSPS) is 16.3. The van der Waals surface area contributed by atoms with Gasteiger partial charge < -0.3 is 20.1 Å². The van der Waals surface area contributed by atoms with Crippen LogP contribution in [-0.2, 0) is 17.8 Å². The molecule has 3 aromatic rings. The van der Waals surface area contributed by atoms with E-state index in [0.29, 0.717) is 34.6 Å². The monoisotopic (exact) mass is 572 g/mol. The van der Waals surface area contributed by atoms with E-state index >= 15 is 0 Å². The third kappa shape index (κ3) is 6.54. The maximum absolute atomic E-state index is 12.6. The molecule has 1 heterocycles. The molecule has 0 aliphatic carbocycles. The van der Waals surface area contributed by atoms with Gasteiger partial charge in [0.05, 0.1) is 16.0 Å². The number of amides is 1. The van der Waals surface area contributed by atoms with Gasteiger partial charge in [0.25, 0.3) is 5.91 Å². The van der Waals surface area contributed by atoms with Crippen LogP contribution in [0.25, 0.3) is 6.08 Å². The van der Waals surface area contributed by atoms with Crippen LogP contribution in [0.4, 0.5) is 5.69 Å². The molecule has 8 heteroatoms. The second kappa shape index (κ2) is 11.9. The van der Waals surface area contributed by atoms with Crippen molar-refractivity contribution in [1.82, 2.24) is 5.32 Å². The SMILES string of the molecule is CCOc1cc(/C=C2\S[C@H](Nc3ccc(CC)cc3)NC2=O)cc(Br)c1OCc1ccccc1Cl. The van der Waals surface area contributed by atoms with Crippen LogP contribution in [0.3, 0.4) is 0 Å². The van der Waals surface area contributed by atoms with Gasteiger partial charge in [0.2, 0.25) is 0 Å². The fraction of sp³-hybridized carbons (Fsp3) is 0.222. The van der Waals surface area contributed by atoms with E-state index in [-0.39, 0.29) is 11.4 Å². The molecule has 35 heavy (non-hydrogen) atoms. The van der Waals surface area contributed by atoms with Gasteiger partial charge in [-0.05, 0) is 76.8 Å². The van der Waals surface area contributed by atoms with Gasteiger partial charge in [-0.3, -0.25) is 4.79 Å². The lowest BCUT2D eigenvalue weighted by Gasteiger charge is -2.15. The van der Waals surface area contributed by atoms with Crippen LogP contribution >= 0.6 is 39.3 Å². The van der Waals surface area contributed by atoms with Crippen LogP contribution in [-0.4, -0.2) is 18.0 Å². The number of ether oxygens (including phenoxy) is 2. The molecule has 4 rings (SSSR count). The molecule has 1 amide bonds. The molecule has 0 bridgehead atoms. The molecule has 1 atom stereocenters. The third-order valence-electron chi connectivity index (χ3n) is 5.35. The topological polar surface area (TPSA) is 59.6 Å². The molecule has 1 saturated heterocycles. The molecule has 5 nitrogen and oxygen atoms in total. The third-order valence-corrected chi connectivity index (χ3v) is 7.34. The van der Waals surface area contributed by atoms with Crippen molar-refractivity contribution in [3.05, 3.63) is 91.8 Å². The zero-order chi connectivity index (χ0) is 24.8. The Morgan fingerprint density at radius 3 is 2.60 bits per heavy atom. The number of rotatable bonds is 9. The van der Waals surface area contributed by atoms with Crippen molar-refractivity contribution < 1.29 is 14.3 Å². The molecule has 0 radical (unpaired) electrons. The van der Waals surface area contributed by atoms with Gasteiger partial charge in [-0.2, -0.15) is 0 Å². The first-order valence-electron chi connectivity index (χ1n) is 11.3. The molecule has 0 spiro atoms. The zero-order valence-corrected chi connectivity index (χ0v) is 22.6. The first-order chi connectivity index (χ1) is 17.0. The zero-order valence-electron chi connectivity index (χ0n) is 19.4. The maximum Gasteiger partial charge on any atom is 0.260 e. The summed E-state index contributed by atoms with van der Waals surface area (Å²) < 4.78 is 12.6. The molecule has 182 valence electrons. The lowest BCUT2D eigenvalue weighted by atomic mass is 10.1. The molecule has 0 aromatic heterocycles. The highest BCUT2D eigenvalue weighted by atomic mass is 79.9. The van der Waals surface area contributed by atoms with Crippen molar-refractivity contribution in [3.63, 3.8) is 0 Å². The van der Waals surface area contributed by atoms with E-state index in [2.05, 4.69) is 45.6 Å². The summed E-state index contributed by atoms with van der Waals surface area (Å²) in [6.07, 6.45) is 2.85. The summed E-state index contributed by atoms with van der Waals surface area (Å²) in [7, 11) is 0. The Hall–Kier alpha value is -2.61. The number of aryl methyl sites for hydroxylation is 1. The van der Waals surface area contributed by atoms with Crippen molar-refractivity contribution in [1.29, 1.82) is 0 Å². The van der Waals surface area contributed by atoms with Crippen molar-refractivity contribution >= 4 is 57.0 Å². The summed E-state index contributed by atoms with van der Waals surface area (Å²) >= 11 is 11.3. The molecule has 2 N–H and O–H groups in total. The van der Waals surface area contributed by atoms with Gasteiger partial charge in [-0.15, -0.1) is 0 Å². The smallest absolute Gasteiger partial charge is 0.260 e. The lowest BCUT2D eigenvalue weighted by molar-refractivity contribution is -0.116. The standard InChI is InChI=1S/C27H26BrClN2O3S/c1-3-17-9-11-20(12-10-17)30-27-31-26(32)24(35-27)15-18-13-21(28)25(23(14-18)33-4-2)34-16-19-7-5-6-8-22(19)29/h5-15,27,30H,3-4,16H2,1-2H3,(H,31,32)/b24-15-/t27-/m1/s1. The predicted octanol–water partition coefficient (Wildman–Crippen LogP) is 7.24. The minimum Gasteiger partial charge on any atom is -0.490 e. The van der Waals surface area contributed by atoms with Crippen LogP contribution < -0.4 is 20.1 Å². The minimum absolute atomic E-state index is 0.120. The lowest BCUT2D eigenvalue weighted by Crippen LogP contribution is -2.30. The summed E-state index contributed by atoms with van der Waals surface area (Å²) in [5, 5.41) is 6.98. The van der Waals surface area contributed by atoms with E-state index < -0.39 is 0 Å². The average molecular weight is 574 g/mol. The summed E-state index contributed by atoms with van der Waals surface area (Å²) in [5.74, 6) is 1.06. The number of carbonyl (C=O) groups excluding carboxylic acids is 1. The van der Waals surface area contributed by atoms with Crippen LogP contribution in [0.1, 0.15) is 30.5 Å². The minimum atomic E-state index is -0.241. The number of carbonyl (C=O) groups is 1. The number of anilines is 1. The van der Waals surface area contributed by atoms with E-state index in [1.807, 2.05) is 61.5 Å². The number of nitrogens with one attached hydrogen (secondary N) is 2. The Morgan fingerprint density at radius 2 is 1.89 bits per heavy atom. The Morgan fingerprint density at radius 1 is 1.11 bits per heavy atom. The first-order valence-corrected chi connectivity index (χ1v) is 13.4. The van der Waals surface area contributed by atoms with E-state index in [9.17, 15) is 4.79 Å². The molecule has 0 saturated carbocycles. The Labute approximate surface area is 223 Å².